The highest BCUT2D eigenvalue weighted by Crippen LogP contribution is 2.28. The molecule has 2 aromatic carbocycles. The van der Waals surface area contributed by atoms with E-state index in [0.29, 0.717) is 11.6 Å². The number of amides is 1. The van der Waals surface area contributed by atoms with Gasteiger partial charge in [-0.1, -0.05) is 30.7 Å². The third kappa shape index (κ3) is 5.18. The number of halogens is 1. The van der Waals surface area contributed by atoms with Crippen LogP contribution >= 0.6 is 23.4 Å². The Bertz CT molecular complexity index is 658. The van der Waals surface area contributed by atoms with Crippen molar-refractivity contribution in [3.05, 3.63) is 59.1 Å². The summed E-state index contributed by atoms with van der Waals surface area (Å²) in [5.74, 6) is 0.950. The summed E-state index contributed by atoms with van der Waals surface area (Å²) in [4.78, 5) is 15.6. The second kappa shape index (κ2) is 9.00. The van der Waals surface area contributed by atoms with Crippen molar-refractivity contribution in [2.24, 2.45) is 0 Å². The molecule has 1 amide bonds. The van der Waals surface area contributed by atoms with Crippen molar-refractivity contribution in [2.75, 3.05) is 14.2 Å². The Kier molecular flexibility index (Phi) is 7.00. The van der Waals surface area contributed by atoms with Crippen LogP contribution in [0.5, 0.6) is 5.75 Å². The van der Waals surface area contributed by atoms with E-state index in [1.807, 2.05) is 62.5 Å². The molecule has 24 heavy (non-hydrogen) atoms. The summed E-state index contributed by atoms with van der Waals surface area (Å²) < 4.78 is 5.16. The summed E-state index contributed by atoms with van der Waals surface area (Å²) in [6.45, 7) is 2.62. The topological polar surface area (TPSA) is 29.5 Å². The van der Waals surface area contributed by atoms with Crippen molar-refractivity contribution >= 4 is 29.3 Å². The normalized spacial score (nSPS) is 11.8. The van der Waals surface area contributed by atoms with Gasteiger partial charge in [-0.3, -0.25) is 4.79 Å². The number of thioether (sulfide) groups is 1. The highest BCUT2D eigenvalue weighted by molar-refractivity contribution is 8.00. The maximum Gasteiger partial charge on any atom is 0.236 e. The van der Waals surface area contributed by atoms with Crippen LogP contribution in [0, 0.1) is 0 Å². The van der Waals surface area contributed by atoms with Crippen LogP contribution in [-0.2, 0) is 11.3 Å². The zero-order valence-electron chi connectivity index (χ0n) is 14.2. The van der Waals surface area contributed by atoms with Gasteiger partial charge >= 0.3 is 0 Å². The van der Waals surface area contributed by atoms with E-state index >= 15 is 0 Å². The second-order valence-electron chi connectivity index (χ2n) is 5.51. The molecule has 2 aromatic rings. The lowest BCUT2D eigenvalue weighted by Gasteiger charge is -2.23. The van der Waals surface area contributed by atoms with Gasteiger partial charge < -0.3 is 9.64 Å². The van der Waals surface area contributed by atoms with Gasteiger partial charge in [0.1, 0.15) is 5.75 Å². The maximum atomic E-state index is 12.7. The predicted molar refractivity (Wildman–Crippen MR) is 101 cm³/mol. The van der Waals surface area contributed by atoms with E-state index in [4.69, 9.17) is 16.3 Å². The Labute approximate surface area is 153 Å². The number of nitrogens with zero attached hydrogens (tertiary/aromatic N) is 1. The minimum Gasteiger partial charge on any atom is -0.497 e. The number of hydrogen-bond donors (Lipinski definition) is 0. The smallest absolute Gasteiger partial charge is 0.236 e. The molecule has 0 saturated carbocycles. The lowest BCUT2D eigenvalue weighted by atomic mass is 10.2. The largest absolute Gasteiger partial charge is 0.497 e. The summed E-state index contributed by atoms with van der Waals surface area (Å²) in [6, 6.07) is 15.4. The summed E-state index contributed by atoms with van der Waals surface area (Å²) in [6.07, 6.45) is 0.777. The van der Waals surface area contributed by atoms with Crippen molar-refractivity contribution < 1.29 is 9.53 Å². The third-order valence-electron chi connectivity index (χ3n) is 3.69. The van der Waals surface area contributed by atoms with Gasteiger partial charge in [-0.2, -0.15) is 0 Å². The summed E-state index contributed by atoms with van der Waals surface area (Å²) >= 11 is 7.49. The molecule has 0 spiro atoms. The molecule has 0 saturated heterocycles. The molecule has 0 aliphatic carbocycles. The second-order valence-corrected chi connectivity index (χ2v) is 7.22. The quantitative estimate of drug-likeness (QED) is 0.657. The first kappa shape index (κ1) is 18.7. The molecule has 1 atom stereocenters. The highest BCUT2D eigenvalue weighted by Gasteiger charge is 2.21. The number of carbonyl (C=O) groups excluding carboxylic acids is 1. The van der Waals surface area contributed by atoms with Crippen LogP contribution in [0.15, 0.2) is 53.4 Å². The number of ether oxygens (including phenoxy) is 1. The molecular weight excluding hydrogens is 342 g/mol. The summed E-state index contributed by atoms with van der Waals surface area (Å²) in [7, 11) is 3.49. The van der Waals surface area contributed by atoms with Crippen LogP contribution in [0.4, 0.5) is 0 Å². The standard InChI is InChI=1S/C19H22ClNO2S/c1-4-18(24-17-11-7-15(20)8-12-17)19(22)21(2)13-14-5-9-16(23-3)10-6-14/h5-12,18H,4,13H2,1-3H3/t18-/m1/s1. The minimum atomic E-state index is -0.102. The fraction of sp³-hybridized carbons (Fsp3) is 0.316. The maximum absolute atomic E-state index is 12.7. The molecule has 0 aromatic heterocycles. The van der Waals surface area contributed by atoms with E-state index in [0.717, 1.165) is 22.6 Å². The SMILES string of the molecule is CC[C@@H](Sc1ccc(Cl)cc1)C(=O)N(C)Cc1ccc(OC)cc1. The Morgan fingerprint density at radius 3 is 2.33 bits per heavy atom. The van der Waals surface area contributed by atoms with E-state index in [1.54, 1.807) is 23.8 Å². The molecule has 5 heteroatoms. The van der Waals surface area contributed by atoms with E-state index < -0.39 is 0 Å². The fourth-order valence-electron chi connectivity index (χ4n) is 2.31. The predicted octanol–water partition coefficient (Wildman–Crippen LogP) is 4.88. The molecule has 0 aliphatic heterocycles. The van der Waals surface area contributed by atoms with Gasteiger partial charge in [0.15, 0.2) is 0 Å². The molecule has 0 aliphatic rings. The van der Waals surface area contributed by atoms with Gasteiger partial charge in [-0.15, -0.1) is 11.8 Å². The molecular formula is C19H22ClNO2S. The molecule has 0 unspecified atom stereocenters. The molecule has 0 fully saturated rings. The summed E-state index contributed by atoms with van der Waals surface area (Å²) in [5.41, 5.74) is 1.08. The van der Waals surface area contributed by atoms with Crippen molar-refractivity contribution in [3.63, 3.8) is 0 Å². The van der Waals surface area contributed by atoms with Crippen LogP contribution < -0.4 is 4.74 Å². The first-order valence-electron chi connectivity index (χ1n) is 7.83. The third-order valence-corrected chi connectivity index (χ3v) is 5.31. The van der Waals surface area contributed by atoms with Crippen LogP contribution in [-0.4, -0.2) is 30.2 Å². The fourth-order valence-corrected chi connectivity index (χ4v) is 3.51. The van der Waals surface area contributed by atoms with Crippen molar-refractivity contribution in [1.82, 2.24) is 4.90 Å². The average molecular weight is 364 g/mol. The average Bonchev–Trinajstić information content (AvgIpc) is 2.61. The zero-order chi connectivity index (χ0) is 17.5. The minimum absolute atomic E-state index is 0.102. The van der Waals surface area contributed by atoms with Crippen LogP contribution in [0.3, 0.4) is 0 Å². The number of carbonyl (C=O) groups is 1. The first-order chi connectivity index (χ1) is 11.5. The van der Waals surface area contributed by atoms with Gasteiger partial charge in [0, 0.05) is 23.5 Å². The van der Waals surface area contributed by atoms with Gasteiger partial charge in [0.2, 0.25) is 5.91 Å². The van der Waals surface area contributed by atoms with Gasteiger partial charge in [-0.25, -0.2) is 0 Å². The molecule has 0 heterocycles. The number of hydrogen-bond acceptors (Lipinski definition) is 3. The van der Waals surface area contributed by atoms with Gasteiger partial charge in [0.25, 0.3) is 0 Å². The lowest BCUT2D eigenvalue weighted by molar-refractivity contribution is -0.129. The van der Waals surface area contributed by atoms with Crippen molar-refractivity contribution in [3.8, 4) is 5.75 Å². The lowest BCUT2D eigenvalue weighted by Crippen LogP contribution is -2.34. The summed E-state index contributed by atoms with van der Waals surface area (Å²) in [5, 5.41) is 0.602. The van der Waals surface area contributed by atoms with Gasteiger partial charge in [-0.05, 0) is 48.4 Å². The number of benzene rings is 2. The molecule has 0 bridgehead atoms. The monoisotopic (exact) mass is 363 g/mol. The molecule has 128 valence electrons. The Hall–Kier alpha value is -1.65. The Morgan fingerprint density at radius 1 is 1.17 bits per heavy atom. The van der Waals surface area contributed by atoms with Gasteiger partial charge in [0.05, 0.1) is 12.4 Å². The van der Waals surface area contributed by atoms with Crippen molar-refractivity contribution in [2.45, 2.75) is 30.0 Å². The molecule has 3 nitrogen and oxygen atoms in total. The van der Waals surface area contributed by atoms with E-state index in [1.165, 1.54) is 0 Å². The first-order valence-corrected chi connectivity index (χ1v) is 9.09. The van der Waals surface area contributed by atoms with Crippen LogP contribution in [0.1, 0.15) is 18.9 Å². The molecule has 2 rings (SSSR count). The highest BCUT2D eigenvalue weighted by atomic mass is 35.5. The van der Waals surface area contributed by atoms with Crippen molar-refractivity contribution in [1.29, 1.82) is 0 Å². The molecule has 0 N–H and O–H groups in total. The number of rotatable bonds is 7. The Balaban J connectivity index is 1.99. The molecule has 0 radical (unpaired) electrons. The zero-order valence-corrected chi connectivity index (χ0v) is 15.7. The van der Waals surface area contributed by atoms with Crippen LogP contribution in [0.2, 0.25) is 5.02 Å². The van der Waals surface area contributed by atoms with Crippen LogP contribution in [0.25, 0.3) is 0 Å². The van der Waals surface area contributed by atoms with E-state index in [2.05, 4.69) is 0 Å². The Morgan fingerprint density at radius 2 is 1.79 bits per heavy atom. The van der Waals surface area contributed by atoms with E-state index in [9.17, 15) is 4.79 Å². The number of methoxy groups -OCH3 is 1. The van der Waals surface area contributed by atoms with E-state index in [-0.39, 0.29) is 11.2 Å².